The van der Waals surface area contributed by atoms with E-state index in [0.29, 0.717) is 0 Å². The van der Waals surface area contributed by atoms with Crippen molar-refractivity contribution in [2.24, 2.45) is 0 Å². The zero-order valence-electron chi connectivity index (χ0n) is 11.3. The zero-order chi connectivity index (χ0) is 13.8. The Morgan fingerprint density at radius 3 is 2.95 bits per heavy atom. The number of piperidine rings is 1. The second-order valence-electron chi connectivity index (χ2n) is 4.84. The number of rotatable bonds is 3. The third-order valence-electron chi connectivity index (χ3n) is 3.31. The van der Waals surface area contributed by atoms with Gasteiger partial charge in [-0.25, -0.2) is 4.98 Å². The van der Waals surface area contributed by atoms with Gasteiger partial charge in [-0.15, -0.1) is 11.3 Å². The molecule has 19 heavy (non-hydrogen) atoms. The highest BCUT2D eigenvalue weighted by Gasteiger charge is 2.32. The summed E-state index contributed by atoms with van der Waals surface area (Å²) in [7, 11) is 0. The molecule has 5 nitrogen and oxygen atoms in total. The number of nitrogens with one attached hydrogen (secondary N) is 1. The Hall–Kier alpha value is -1.43. The van der Waals surface area contributed by atoms with E-state index in [2.05, 4.69) is 10.3 Å². The molecule has 1 N–H and O–H groups in total. The van der Waals surface area contributed by atoms with Gasteiger partial charge in [0, 0.05) is 25.0 Å². The van der Waals surface area contributed by atoms with Gasteiger partial charge in [-0.2, -0.15) is 0 Å². The summed E-state index contributed by atoms with van der Waals surface area (Å²) in [4.78, 5) is 29.7. The minimum atomic E-state index is -0.474. The topological polar surface area (TPSA) is 62.3 Å². The lowest BCUT2D eigenvalue weighted by atomic mass is 10.0. The zero-order valence-corrected chi connectivity index (χ0v) is 12.1. The molecule has 1 saturated heterocycles. The quantitative estimate of drug-likeness (QED) is 0.917. The first-order chi connectivity index (χ1) is 9.09. The highest BCUT2D eigenvalue weighted by atomic mass is 32.1. The van der Waals surface area contributed by atoms with Crippen molar-refractivity contribution in [3.8, 4) is 0 Å². The number of hydrogen-bond acceptors (Lipinski definition) is 4. The van der Waals surface area contributed by atoms with Gasteiger partial charge in [0.15, 0.2) is 0 Å². The summed E-state index contributed by atoms with van der Waals surface area (Å²) in [5, 5.41) is 5.58. The van der Waals surface area contributed by atoms with Crippen LogP contribution in [0.15, 0.2) is 11.6 Å². The lowest BCUT2D eigenvalue weighted by molar-refractivity contribution is -0.139. The van der Waals surface area contributed by atoms with Gasteiger partial charge in [-0.3, -0.25) is 9.59 Å². The van der Waals surface area contributed by atoms with Gasteiger partial charge in [0.2, 0.25) is 11.8 Å². The number of amides is 2. The van der Waals surface area contributed by atoms with Gasteiger partial charge in [0.1, 0.15) is 11.0 Å². The predicted octanol–water partition coefficient (Wildman–Crippen LogP) is 1.72. The molecule has 0 bridgehead atoms. The molecule has 1 aliphatic rings. The third kappa shape index (κ3) is 3.32. The van der Waals surface area contributed by atoms with E-state index < -0.39 is 6.04 Å². The molecule has 0 unspecified atom stereocenters. The molecule has 2 atom stereocenters. The summed E-state index contributed by atoms with van der Waals surface area (Å²) >= 11 is 1.58. The Morgan fingerprint density at radius 1 is 1.53 bits per heavy atom. The molecule has 2 heterocycles. The van der Waals surface area contributed by atoms with Crippen LogP contribution in [-0.4, -0.2) is 34.3 Å². The standard InChI is InChI=1S/C13H19N3O2S/c1-9(15-10(2)17)13(18)16-7-4-3-5-11(16)12-14-6-8-19-12/h6,8-9,11H,3-5,7H2,1-2H3,(H,15,17)/t9-,11-/m1/s1. The molecule has 1 aliphatic heterocycles. The number of aromatic nitrogens is 1. The highest BCUT2D eigenvalue weighted by Crippen LogP contribution is 2.32. The largest absolute Gasteiger partial charge is 0.345 e. The molecule has 0 aromatic carbocycles. The van der Waals surface area contributed by atoms with Crippen LogP contribution in [0.1, 0.15) is 44.2 Å². The average molecular weight is 281 g/mol. The number of likely N-dealkylation sites (tertiary alicyclic amines) is 1. The van der Waals surface area contributed by atoms with Crippen LogP contribution < -0.4 is 5.32 Å². The van der Waals surface area contributed by atoms with Crippen LogP contribution in [0.4, 0.5) is 0 Å². The Balaban J connectivity index is 2.11. The monoisotopic (exact) mass is 281 g/mol. The molecular weight excluding hydrogens is 262 g/mol. The SMILES string of the molecule is CC(=O)N[C@H](C)C(=O)N1CCCC[C@@H]1c1nccs1. The Kier molecular flexibility index (Phi) is 4.52. The average Bonchev–Trinajstić information content (AvgIpc) is 2.91. The maximum atomic E-state index is 12.4. The summed E-state index contributed by atoms with van der Waals surface area (Å²) in [5.74, 6) is -0.196. The molecule has 1 aromatic heterocycles. The van der Waals surface area contributed by atoms with Crippen molar-refractivity contribution >= 4 is 23.2 Å². The molecule has 2 amide bonds. The normalized spacial score (nSPS) is 20.9. The van der Waals surface area contributed by atoms with Crippen LogP contribution in [0.25, 0.3) is 0 Å². The second-order valence-corrected chi connectivity index (χ2v) is 5.76. The molecule has 0 spiro atoms. The summed E-state index contributed by atoms with van der Waals surface area (Å²) in [6, 6.07) is -0.407. The highest BCUT2D eigenvalue weighted by molar-refractivity contribution is 7.09. The van der Waals surface area contributed by atoms with Gasteiger partial charge in [0.25, 0.3) is 0 Å². The number of carbonyl (C=O) groups excluding carboxylic acids is 2. The second kappa shape index (κ2) is 6.14. The maximum absolute atomic E-state index is 12.4. The van der Waals surface area contributed by atoms with Gasteiger partial charge >= 0.3 is 0 Å². The van der Waals surface area contributed by atoms with E-state index in [1.165, 1.54) is 6.92 Å². The molecule has 2 rings (SSSR count). The van der Waals surface area contributed by atoms with E-state index in [4.69, 9.17) is 0 Å². The first kappa shape index (κ1) is 14.0. The fourth-order valence-electron chi connectivity index (χ4n) is 2.47. The molecule has 104 valence electrons. The van der Waals surface area contributed by atoms with Gasteiger partial charge in [-0.05, 0) is 26.2 Å². The van der Waals surface area contributed by atoms with E-state index in [1.54, 1.807) is 24.5 Å². The number of thiazole rings is 1. The number of hydrogen-bond donors (Lipinski definition) is 1. The molecule has 1 fully saturated rings. The summed E-state index contributed by atoms with van der Waals surface area (Å²) in [5.41, 5.74) is 0. The molecule has 6 heteroatoms. The minimum Gasteiger partial charge on any atom is -0.345 e. The predicted molar refractivity (Wildman–Crippen MR) is 73.7 cm³/mol. The fraction of sp³-hybridized carbons (Fsp3) is 0.615. The van der Waals surface area contributed by atoms with Crippen LogP contribution in [0.5, 0.6) is 0 Å². The smallest absolute Gasteiger partial charge is 0.245 e. The Labute approximate surface area is 117 Å². The van der Waals surface area contributed by atoms with E-state index in [0.717, 1.165) is 30.8 Å². The van der Waals surface area contributed by atoms with Crippen LogP contribution in [0.2, 0.25) is 0 Å². The van der Waals surface area contributed by atoms with Crippen LogP contribution >= 0.6 is 11.3 Å². The molecule has 0 radical (unpaired) electrons. The Morgan fingerprint density at radius 2 is 2.32 bits per heavy atom. The number of carbonyl (C=O) groups is 2. The summed E-state index contributed by atoms with van der Waals surface area (Å²) in [6.07, 6.45) is 4.85. The molecule has 0 saturated carbocycles. The van der Waals surface area contributed by atoms with Gasteiger partial charge < -0.3 is 10.2 Å². The van der Waals surface area contributed by atoms with E-state index in [9.17, 15) is 9.59 Å². The first-order valence-electron chi connectivity index (χ1n) is 6.56. The van der Waals surface area contributed by atoms with Crippen molar-refractivity contribution in [2.45, 2.75) is 45.2 Å². The van der Waals surface area contributed by atoms with E-state index in [1.807, 2.05) is 10.3 Å². The molecule has 1 aromatic rings. The molecular formula is C13H19N3O2S. The van der Waals surface area contributed by atoms with Crippen LogP contribution in [0, 0.1) is 0 Å². The lowest BCUT2D eigenvalue weighted by Crippen LogP contribution is -2.49. The van der Waals surface area contributed by atoms with Gasteiger partial charge in [-0.1, -0.05) is 0 Å². The molecule has 0 aliphatic carbocycles. The minimum absolute atomic E-state index is 0.0184. The van der Waals surface area contributed by atoms with Crippen LogP contribution in [-0.2, 0) is 9.59 Å². The third-order valence-corrected chi connectivity index (χ3v) is 4.19. The Bertz CT molecular complexity index is 447. The van der Waals surface area contributed by atoms with Crippen molar-refractivity contribution in [3.05, 3.63) is 16.6 Å². The van der Waals surface area contributed by atoms with Gasteiger partial charge in [0.05, 0.1) is 6.04 Å². The lowest BCUT2D eigenvalue weighted by Gasteiger charge is -2.36. The summed E-state index contributed by atoms with van der Waals surface area (Å²) < 4.78 is 0. The van der Waals surface area contributed by atoms with Crippen molar-refractivity contribution in [3.63, 3.8) is 0 Å². The fourth-order valence-corrected chi connectivity index (χ4v) is 3.25. The summed E-state index contributed by atoms with van der Waals surface area (Å²) in [6.45, 7) is 3.91. The van der Waals surface area contributed by atoms with Crippen molar-refractivity contribution in [1.29, 1.82) is 0 Å². The van der Waals surface area contributed by atoms with Crippen molar-refractivity contribution < 1.29 is 9.59 Å². The van der Waals surface area contributed by atoms with Crippen molar-refractivity contribution in [2.75, 3.05) is 6.54 Å². The maximum Gasteiger partial charge on any atom is 0.245 e. The number of nitrogens with zero attached hydrogens (tertiary/aromatic N) is 2. The van der Waals surface area contributed by atoms with Crippen LogP contribution in [0.3, 0.4) is 0 Å². The van der Waals surface area contributed by atoms with E-state index >= 15 is 0 Å². The first-order valence-corrected chi connectivity index (χ1v) is 7.44. The van der Waals surface area contributed by atoms with Crippen molar-refractivity contribution in [1.82, 2.24) is 15.2 Å². The van der Waals surface area contributed by atoms with E-state index in [-0.39, 0.29) is 17.9 Å².